The molecular formula is C26H26O3. The van der Waals surface area contributed by atoms with Crippen LogP contribution in [0.1, 0.15) is 59.7 Å². The molecule has 0 atom stereocenters. The third-order valence-corrected chi connectivity index (χ3v) is 5.91. The van der Waals surface area contributed by atoms with Crippen molar-refractivity contribution in [1.82, 2.24) is 0 Å². The van der Waals surface area contributed by atoms with Crippen LogP contribution < -0.4 is 4.74 Å². The first kappa shape index (κ1) is 20.5. The molecule has 29 heavy (non-hydrogen) atoms. The number of carbonyl (C=O) groups excluding carboxylic acids is 2. The van der Waals surface area contributed by atoms with E-state index in [0.717, 1.165) is 33.4 Å². The lowest BCUT2D eigenvalue weighted by molar-refractivity contribution is 0.0732. The van der Waals surface area contributed by atoms with Gasteiger partial charge in [0.1, 0.15) is 5.75 Å². The summed E-state index contributed by atoms with van der Waals surface area (Å²) in [7, 11) is 0. The van der Waals surface area contributed by atoms with Crippen molar-refractivity contribution in [2.24, 2.45) is 0 Å². The zero-order valence-corrected chi connectivity index (χ0v) is 17.8. The summed E-state index contributed by atoms with van der Waals surface area (Å²) in [4.78, 5) is 26.1. The highest BCUT2D eigenvalue weighted by molar-refractivity contribution is 6.12. The van der Waals surface area contributed by atoms with Gasteiger partial charge in [-0.1, -0.05) is 30.3 Å². The van der Waals surface area contributed by atoms with Crippen LogP contribution in [0.25, 0.3) is 0 Å². The number of aryl methyl sites for hydroxylation is 2. The molecule has 0 saturated heterocycles. The summed E-state index contributed by atoms with van der Waals surface area (Å²) < 4.78 is 5.68. The van der Waals surface area contributed by atoms with Crippen molar-refractivity contribution in [2.45, 2.75) is 41.5 Å². The quantitative estimate of drug-likeness (QED) is 0.314. The molecule has 0 saturated carbocycles. The monoisotopic (exact) mass is 386 g/mol. The van der Waals surface area contributed by atoms with Gasteiger partial charge in [-0.05, 0) is 93.1 Å². The third-order valence-electron chi connectivity index (χ3n) is 5.91. The second-order valence-corrected chi connectivity index (χ2v) is 7.57. The zero-order valence-electron chi connectivity index (χ0n) is 17.8. The highest BCUT2D eigenvalue weighted by atomic mass is 16.5. The Labute approximate surface area is 172 Å². The lowest BCUT2D eigenvalue weighted by Crippen LogP contribution is -2.14. The Morgan fingerprint density at radius 3 is 1.72 bits per heavy atom. The molecule has 0 spiro atoms. The summed E-state index contributed by atoms with van der Waals surface area (Å²) >= 11 is 0. The van der Waals surface area contributed by atoms with Gasteiger partial charge in [-0.2, -0.15) is 0 Å². The summed E-state index contributed by atoms with van der Waals surface area (Å²) in [5.74, 6) is -0.328. The minimum absolute atomic E-state index is 0.147. The zero-order chi connectivity index (χ0) is 21.3. The fourth-order valence-corrected chi connectivity index (χ4v) is 3.42. The number of para-hydroxylation sites is 1. The lowest BCUT2D eigenvalue weighted by atomic mass is 9.93. The molecule has 0 amide bonds. The average molecular weight is 386 g/mol. The first-order valence-electron chi connectivity index (χ1n) is 9.72. The SMILES string of the molecule is Cc1ccc(C(=O)Oc2ccccc2C(=O)c2ccc(C)c(C)c2C)c(C)c1C. The van der Waals surface area contributed by atoms with Gasteiger partial charge in [0.15, 0.2) is 5.78 Å². The van der Waals surface area contributed by atoms with E-state index in [-0.39, 0.29) is 11.5 Å². The fraction of sp³-hybridized carbons (Fsp3) is 0.231. The van der Waals surface area contributed by atoms with Gasteiger partial charge in [-0.25, -0.2) is 4.79 Å². The maximum absolute atomic E-state index is 13.2. The van der Waals surface area contributed by atoms with E-state index in [0.29, 0.717) is 16.7 Å². The van der Waals surface area contributed by atoms with Crippen LogP contribution in [0.15, 0.2) is 48.5 Å². The van der Waals surface area contributed by atoms with E-state index < -0.39 is 5.97 Å². The van der Waals surface area contributed by atoms with Gasteiger partial charge in [-0.15, -0.1) is 0 Å². The van der Waals surface area contributed by atoms with Gasteiger partial charge in [0.25, 0.3) is 0 Å². The van der Waals surface area contributed by atoms with Crippen LogP contribution in [0.3, 0.4) is 0 Å². The molecule has 0 aliphatic carbocycles. The molecule has 3 rings (SSSR count). The minimum atomic E-state index is -0.456. The Bertz CT molecular complexity index is 1120. The molecule has 0 aromatic heterocycles. The lowest BCUT2D eigenvalue weighted by Gasteiger charge is -2.14. The molecule has 0 aliphatic heterocycles. The van der Waals surface area contributed by atoms with E-state index in [1.807, 2.05) is 59.7 Å². The normalized spacial score (nSPS) is 10.7. The van der Waals surface area contributed by atoms with Gasteiger partial charge in [-0.3, -0.25) is 4.79 Å². The van der Waals surface area contributed by atoms with Gasteiger partial charge in [0, 0.05) is 5.56 Å². The van der Waals surface area contributed by atoms with Crippen molar-refractivity contribution in [2.75, 3.05) is 0 Å². The number of hydrogen-bond donors (Lipinski definition) is 0. The predicted octanol–water partition coefficient (Wildman–Crippen LogP) is 5.99. The van der Waals surface area contributed by atoms with Crippen LogP contribution in [0.4, 0.5) is 0 Å². The highest BCUT2D eigenvalue weighted by Crippen LogP contribution is 2.27. The van der Waals surface area contributed by atoms with Crippen molar-refractivity contribution >= 4 is 11.8 Å². The summed E-state index contributed by atoms with van der Waals surface area (Å²) in [6, 6.07) is 14.4. The molecule has 0 aliphatic rings. The second-order valence-electron chi connectivity index (χ2n) is 7.57. The standard InChI is InChI=1S/C26H26O3/c1-15-11-13-21(19(5)17(15)3)25(27)23-9-7-8-10-24(23)29-26(28)22-14-12-16(2)18(4)20(22)6/h7-14H,1-6H3. The molecular weight excluding hydrogens is 360 g/mol. The maximum Gasteiger partial charge on any atom is 0.343 e. The largest absolute Gasteiger partial charge is 0.422 e. The van der Waals surface area contributed by atoms with Crippen molar-refractivity contribution in [3.8, 4) is 5.75 Å². The van der Waals surface area contributed by atoms with Crippen LogP contribution in [-0.4, -0.2) is 11.8 Å². The van der Waals surface area contributed by atoms with Crippen molar-refractivity contribution < 1.29 is 14.3 Å². The molecule has 0 radical (unpaired) electrons. The van der Waals surface area contributed by atoms with Crippen LogP contribution >= 0.6 is 0 Å². The Kier molecular flexibility index (Phi) is 5.69. The van der Waals surface area contributed by atoms with Crippen LogP contribution in [-0.2, 0) is 0 Å². The number of carbonyl (C=O) groups is 2. The molecule has 3 nitrogen and oxygen atoms in total. The van der Waals surface area contributed by atoms with E-state index in [1.165, 1.54) is 0 Å². The van der Waals surface area contributed by atoms with Crippen LogP contribution in [0, 0.1) is 41.5 Å². The highest BCUT2D eigenvalue weighted by Gasteiger charge is 2.21. The van der Waals surface area contributed by atoms with Crippen molar-refractivity contribution in [3.63, 3.8) is 0 Å². The molecule has 3 heteroatoms. The molecule has 0 bridgehead atoms. The third kappa shape index (κ3) is 3.86. The first-order chi connectivity index (χ1) is 13.7. The second kappa shape index (κ2) is 8.04. The van der Waals surface area contributed by atoms with Gasteiger partial charge in [0.2, 0.25) is 0 Å². The molecule has 0 heterocycles. The summed E-state index contributed by atoms with van der Waals surface area (Å²) in [6.45, 7) is 11.9. The number of rotatable bonds is 4. The van der Waals surface area contributed by atoms with Gasteiger partial charge >= 0.3 is 5.97 Å². The molecule has 3 aromatic rings. The van der Waals surface area contributed by atoms with Gasteiger partial charge in [0.05, 0.1) is 11.1 Å². The van der Waals surface area contributed by atoms with E-state index in [2.05, 4.69) is 0 Å². The number of ether oxygens (including phenoxy) is 1. The smallest absolute Gasteiger partial charge is 0.343 e. The van der Waals surface area contributed by atoms with Crippen molar-refractivity contribution in [3.05, 3.63) is 98.6 Å². The predicted molar refractivity (Wildman–Crippen MR) is 116 cm³/mol. The number of hydrogen-bond acceptors (Lipinski definition) is 3. The van der Waals surface area contributed by atoms with E-state index in [1.54, 1.807) is 30.3 Å². The van der Waals surface area contributed by atoms with Crippen LogP contribution in [0.5, 0.6) is 5.75 Å². The molecule has 0 fully saturated rings. The first-order valence-corrected chi connectivity index (χ1v) is 9.72. The average Bonchev–Trinajstić information content (AvgIpc) is 2.70. The molecule has 148 valence electrons. The Morgan fingerprint density at radius 1 is 0.586 bits per heavy atom. The Hall–Kier alpha value is -3.20. The molecule has 3 aromatic carbocycles. The Balaban J connectivity index is 1.98. The summed E-state index contributed by atoms with van der Waals surface area (Å²) in [5.41, 5.74) is 7.78. The van der Waals surface area contributed by atoms with Gasteiger partial charge < -0.3 is 4.74 Å². The molecule has 0 unspecified atom stereocenters. The Morgan fingerprint density at radius 2 is 1.10 bits per heavy atom. The number of esters is 1. The summed E-state index contributed by atoms with van der Waals surface area (Å²) in [5, 5.41) is 0. The number of ketones is 1. The summed E-state index contributed by atoms with van der Waals surface area (Å²) in [6.07, 6.45) is 0. The maximum atomic E-state index is 13.2. The van der Waals surface area contributed by atoms with E-state index in [9.17, 15) is 9.59 Å². The van der Waals surface area contributed by atoms with E-state index in [4.69, 9.17) is 4.74 Å². The minimum Gasteiger partial charge on any atom is -0.422 e. The fourth-order valence-electron chi connectivity index (χ4n) is 3.42. The van der Waals surface area contributed by atoms with E-state index >= 15 is 0 Å². The molecule has 0 N–H and O–H groups in total. The number of benzene rings is 3. The topological polar surface area (TPSA) is 43.4 Å². The van der Waals surface area contributed by atoms with Crippen LogP contribution in [0.2, 0.25) is 0 Å². The van der Waals surface area contributed by atoms with Crippen molar-refractivity contribution in [1.29, 1.82) is 0 Å².